The summed E-state index contributed by atoms with van der Waals surface area (Å²) in [4.78, 5) is 2.57. The Morgan fingerprint density at radius 3 is 2.25 bits per heavy atom. The van der Waals surface area contributed by atoms with Crippen molar-refractivity contribution in [2.45, 2.75) is 57.9 Å². The molecule has 0 aromatic carbocycles. The van der Waals surface area contributed by atoms with Gasteiger partial charge in [-0.2, -0.15) is 0 Å². The van der Waals surface area contributed by atoms with E-state index in [2.05, 4.69) is 11.8 Å². The van der Waals surface area contributed by atoms with Crippen LogP contribution in [0.1, 0.15) is 51.9 Å². The van der Waals surface area contributed by atoms with E-state index in [1.54, 1.807) is 0 Å². The summed E-state index contributed by atoms with van der Waals surface area (Å²) < 4.78 is 0. The highest BCUT2D eigenvalue weighted by Crippen LogP contribution is 2.30. The van der Waals surface area contributed by atoms with Crippen molar-refractivity contribution in [1.29, 1.82) is 0 Å². The zero-order valence-corrected chi connectivity index (χ0v) is 10.7. The molecular formula is C14H27NO. The molecule has 2 fully saturated rings. The van der Waals surface area contributed by atoms with Crippen LogP contribution in [-0.2, 0) is 0 Å². The highest BCUT2D eigenvalue weighted by atomic mass is 16.3. The third-order valence-electron chi connectivity index (χ3n) is 4.67. The fourth-order valence-electron chi connectivity index (χ4n) is 3.44. The van der Waals surface area contributed by atoms with Gasteiger partial charge in [0.2, 0.25) is 0 Å². The van der Waals surface area contributed by atoms with Gasteiger partial charge >= 0.3 is 0 Å². The van der Waals surface area contributed by atoms with Crippen molar-refractivity contribution in [3.05, 3.63) is 0 Å². The second-order valence-electron chi connectivity index (χ2n) is 5.87. The van der Waals surface area contributed by atoms with Gasteiger partial charge in [0.1, 0.15) is 0 Å². The monoisotopic (exact) mass is 225 g/mol. The van der Waals surface area contributed by atoms with Crippen molar-refractivity contribution in [3.63, 3.8) is 0 Å². The number of hydrogen-bond donors (Lipinski definition) is 1. The Morgan fingerprint density at radius 2 is 1.69 bits per heavy atom. The Labute approximate surface area is 100 Å². The normalized spacial score (nSPS) is 28.1. The van der Waals surface area contributed by atoms with E-state index >= 15 is 0 Å². The molecule has 1 aliphatic heterocycles. The van der Waals surface area contributed by atoms with Crippen LogP contribution >= 0.6 is 0 Å². The zero-order chi connectivity index (χ0) is 11.4. The van der Waals surface area contributed by atoms with Gasteiger partial charge in [-0.25, -0.2) is 0 Å². The first-order chi connectivity index (χ1) is 7.81. The summed E-state index contributed by atoms with van der Waals surface area (Å²) in [6, 6.07) is 0.466. The average Bonchev–Trinajstić information content (AvgIpc) is 2.34. The molecule has 0 radical (unpaired) electrons. The molecule has 1 N–H and O–H groups in total. The Hall–Kier alpha value is -0.0800. The van der Waals surface area contributed by atoms with Crippen LogP contribution in [0.25, 0.3) is 0 Å². The lowest BCUT2D eigenvalue weighted by Gasteiger charge is -2.41. The van der Waals surface area contributed by atoms with Gasteiger partial charge in [-0.1, -0.05) is 26.2 Å². The van der Waals surface area contributed by atoms with Crippen LogP contribution in [0, 0.1) is 11.8 Å². The number of aliphatic hydroxyl groups is 1. The Kier molecular flexibility index (Phi) is 4.66. The third kappa shape index (κ3) is 2.98. The standard InChI is InChI=1S/C14H27NO/c1-12-7-9-15(10-8-12)14(11-16)13-5-3-2-4-6-13/h12-14,16H,2-11H2,1H3. The molecule has 1 unspecified atom stereocenters. The van der Waals surface area contributed by atoms with Crippen molar-refractivity contribution in [3.8, 4) is 0 Å². The van der Waals surface area contributed by atoms with E-state index in [1.165, 1.54) is 58.0 Å². The van der Waals surface area contributed by atoms with E-state index in [0.29, 0.717) is 12.6 Å². The van der Waals surface area contributed by atoms with E-state index < -0.39 is 0 Å². The van der Waals surface area contributed by atoms with Crippen LogP contribution in [0.3, 0.4) is 0 Å². The van der Waals surface area contributed by atoms with Crippen molar-refractivity contribution in [1.82, 2.24) is 4.90 Å². The summed E-state index contributed by atoms with van der Waals surface area (Å²) in [5.74, 6) is 1.66. The van der Waals surface area contributed by atoms with Gasteiger partial charge in [0, 0.05) is 6.04 Å². The lowest BCUT2D eigenvalue weighted by Crippen LogP contribution is -2.47. The first kappa shape index (κ1) is 12.4. The van der Waals surface area contributed by atoms with Gasteiger partial charge in [-0.05, 0) is 50.6 Å². The molecule has 94 valence electrons. The minimum absolute atomic E-state index is 0.374. The van der Waals surface area contributed by atoms with Gasteiger partial charge in [0.05, 0.1) is 6.61 Å². The fraction of sp³-hybridized carbons (Fsp3) is 1.00. The minimum atomic E-state index is 0.374. The smallest absolute Gasteiger partial charge is 0.0589 e. The van der Waals surface area contributed by atoms with Crippen molar-refractivity contribution in [2.24, 2.45) is 11.8 Å². The fourth-order valence-corrected chi connectivity index (χ4v) is 3.44. The molecule has 1 atom stereocenters. The minimum Gasteiger partial charge on any atom is -0.395 e. The SMILES string of the molecule is CC1CCN(C(CO)C2CCCCC2)CC1. The van der Waals surface area contributed by atoms with E-state index in [-0.39, 0.29) is 0 Å². The van der Waals surface area contributed by atoms with Gasteiger partial charge in [-0.15, -0.1) is 0 Å². The highest BCUT2D eigenvalue weighted by molar-refractivity contribution is 4.83. The highest BCUT2D eigenvalue weighted by Gasteiger charge is 2.29. The molecule has 0 amide bonds. The van der Waals surface area contributed by atoms with E-state index in [1.807, 2.05) is 0 Å². The van der Waals surface area contributed by atoms with Crippen LogP contribution < -0.4 is 0 Å². The molecule has 1 aliphatic carbocycles. The van der Waals surface area contributed by atoms with Gasteiger partial charge in [0.25, 0.3) is 0 Å². The van der Waals surface area contributed by atoms with Gasteiger partial charge < -0.3 is 5.11 Å². The Bertz CT molecular complexity index is 193. The second kappa shape index (κ2) is 6.02. The Morgan fingerprint density at radius 1 is 1.06 bits per heavy atom. The van der Waals surface area contributed by atoms with Gasteiger partial charge in [0.15, 0.2) is 0 Å². The predicted molar refractivity (Wildman–Crippen MR) is 67.4 cm³/mol. The van der Waals surface area contributed by atoms with Crippen LogP contribution in [0.4, 0.5) is 0 Å². The summed E-state index contributed by atoms with van der Waals surface area (Å²) in [5.41, 5.74) is 0. The maximum absolute atomic E-state index is 9.65. The summed E-state index contributed by atoms with van der Waals surface area (Å²) >= 11 is 0. The predicted octanol–water partition coefficient (Wildman–Crippen LogP) is 2.66. The maximum Gasteiger partial charge on any atom is 0.0589 e. The number of hydrogen-bond acceptors (Lipinski definition) is 2. The number of nitrogens with zero attached hydrogens (tertiary/aromatic N) is 1. The third-order valence-corrected chi connectivity index (χ3v) is 4.67. The van der Waals surface area contributed by atoms with E-state index in [4.69, 9.17) is 0 Å². The molecule has 1 saturated carbocycles. The first-order valence-electron chi connectivity index (χ1n) is 7.16. The molecule has 0 bridgehead atoms. The van der Waals surface area contributed by atoms with Gasteiger partial charge in [-0.3, -0.25) is 4.90 Å². The average molecular weight is 225 g/mol. The van der Waals surface area contributed by atoms with Crippen LogP contribution in [-0.4, -0.2) is 35.7 Å². The molecule has 2 heteroatoms. The van der Waals surface area contributed by atoms with Crippen molar-refractivity contribution in [2.75, 3.05) is 19.7 Å². The molecule has 2 aliphatic rings. The van der Waals surface area contributed by atoms with Crippen LogP contribution in [0.15, 0.2) is 0 Å². The topological polar surface area (TPSA) is 23.5 Å². The van der Waals surface area contributed by atoms with E-state index in [0.717, 1.165) is 11.8 Å². The van der Waals surface area contributed by atoms with Crippen molar-refractivity contribution < 1.29 is 5.11 Å². The molecule has 1 heterocycles. The molecule has 0 spiro atoms. The summed E-state index contributed by atoms with van der Waals surface area (Å²) in [6.45, 7) is 5.15. The summed E-state index contributed by atoms with van der Waals surface area (Å²) in [7, 11) is 0. The molecular weight excluding hydrogens is 198 g/mol. The molecule has 0 aromatic rings. The largest absolute Gasteiger partial charge is 0.395 e. The van der Waals surface area contributed by atoms with Crippen LogP contribution in [0.2, 0.25) is 0 Å². The number of aliphatic hydroxyl groups excluding tert-OH is 1. The van der Waals surface area contributed by atoms with Crippen LogP contribution in [0.5, 0.6) is 0 Å². The van der Waals surface area contributed by atoms with Crippen molar-refractivity contribution >= 4 is 0 Å². The number of piperidine rings is 1. The van der Waals surface area contributed by atoms with E-state index in [9.17, 15) is 5.11 Å². The lowest BCUT2D eigenvalue weighted by atomic mass is 9.82. The zero-order valence-electron chi connectivity index (χ0n) is 10.7. The maximum atomic E-state index is 9.65. The summed E-state index contributed by atoms with van der Waals surface area (Å²) in [6.07, 6.45) is 9.50. The number of rotatable bonds is 3. The summed E-state index contributed by atoms with van der Waals surface area (Å²) in [5, 5.41) is 9.65. The quantitative estimate of drug-likeness (QED) is 0.798. The molecule has 2 rings (SSSR count). The lowest BCUT2D eigenvalue weighted by molar-refractivity contribution is 0.0418. The second-order valence-corrected chi connectivity index (χ2v) is 5.87. The molecule has 2 nitrogen and oxygen atoms in total. The first-order valence-corrected chi connectivity index (χ1v) is 7.16. The molecule has 0 aromatic heterocycles. The Balaban J connectivity index is 1.88. The molecule has 1 saturated heterocycles. The molecule has 16 heavy (non-hydrogen) atoms. The number of likely N-dealkylation sites (tertiary alicyclic amines) is 1.